The molecular weight excluding hydrogens is 833 g/mol. The van der Waals surface area contributed by atoms with Crippen molar-refractivity contribution in [3.05, 3.63) is 148 Å². The summed E-state index contributed by atoms with van der Waals surface area (Å²) in [7, 11) is 0. The fraction of sp³-hybridized carbons (Fsp3) is 0.286. The van der Waals surface area contributed by atoms with Crippen LogP contribution in [0.5, 0.6) is 0 Å². The standard InChI is InChI=1S/C49H54N6O8S/c1-31(2)45(49(62)63)55-44(58)30-50-46(59)39(27-33-11-6-4-7-12-33)53-47(60)40(28-34-18-20-36(21-19-34)35-13-8-5-9-14-35)54-48(61)41(29-38-15-10-26-64-38)52-43(57)25-24-42(56)51-37-22-16-32(3)17-23-37/h4-23,26,31,39-41,45H,24-25,27-30H2,1-3H3,(H,50,59)(H,51,56)(H,52,57)(H,53,60)(H,54,61)(H,55,58)(H,62,63)/t39-,40+,41-,45+/m1/s1. The number of aryl methyl sites for hydroxylation is 1. The van der Waals surface area contributed by atoms with Crippen molar-refractivity contribution in [2.45, 2.75) is 77.0 Å². The molecule has 1 heterocycles. The quantitative estimate of drug-likeness (QED) is 0.0504. The number of amides is 6. The van der Waals surface area contributed by atoms with Crippen molar-refractivity contribution in [2.24, 2.45) is 5.92 Å². The van der Waals surface area contributed by atoms with Crippen LogP contribution < -0.4 is 31.9 Å². The third-order valence-electron chi connectivity index (χ3n) is 10.3. The van der Waals surface area contributed by atoms with Crippen LogP contribution >= 0.6 is 11.3 Å². The minimum absolute atomic E-state index is 0.000641. The molecule has 0 saturated carbocycles. The second-order valence-electron chi connectivity index (χ2n) is 15.7. The molecule has 4 atom stereocenters. The molecule has 7 N–H and O–H groups in total. The maximum Gasteiger partial charge on any atom is 0.326 e. The van der Waals surface area contributed by atoms with E-state index in [4.69, 9.17) is 0 Å². The van der Waals surface area contributed by atoms with E-state index in [0.29, 0.717) is 16.8 Å². The van der Waals surface area contributed by atoms with Crippen LogP contribution in [0.3, 0.4) is 0 Å². The molecule has 0 aliphatic heterocycles. The number of carboxylic acids is 1. The lowest BCUT2D eigenvalue weighted by Crippen LogP contribution is -2.58. The normalized spacial score (nSPS) is 12.8. The SMILES string of the molecule is Cc1ccc(NC(=O)CCC(=O)N[C@H](Cc2cccs2)C(=O)N[C@@H](Cc2ccc(-c3ccccc3)cc2)C(=O)N[C@H](Cc2ccccc2)C(=O)NCC(=O)N[C@H](C(=O)O)C(C)C)cc1. The van der Waals surface area contributed by atoms with Gasteiger partial charge in [0.25, 0.3) is 0 Å². The van der Waals surface area contributed by atoms with E-state index in [1.807, 2.05) is 91.2 Å². The van der Waals surface area contributed by atoms with Crippen molar-refractivity contribution in [3.8, 4) is 11.1 Å². The lowest BCUT2D eigenvalue weighted by molar-refractivity contribution is -0.143. The first-order valence-corrected chi connectivity index (χ1v) is 21.9. The molecule has 0 aliphatic rings. The first-order valence-electron chi connectivity index (χ1n) is 21.0. The van der Waals surface area contributed by atoms with Crippen LogP contribution in [-0.4, -0.2) is 77.2 Å². The van der Waals surface area contributed by atoms with E-state index in [1.165, 1.54) is 11.3 Å². The second kappa shape index (κ2) is 23.9. The zero-order valence-corrected chi connectivity index (χ0v) is 36.8. The van der Waals surface area contributed by atoms with Crippen LogP contribution in [-0.2, 0) is 52.8 Å². The number of anilines is 1. The van der Waals surface area contributed by atoms with Gasteiger partial charge in [-0.3, -0.25) is 28.8 Å². The summed E-state index contributed by atoms with van der Waals surface area (Å²) in [5.41, 5.74) is 4.94. The number of benzene rings is 4. The lowest BCUT2D eigenvalue weighted by atomic mass is 9.99. The summed E-state index contributed by atoms with van der Waals surface area (Å²) in [6.07, 6.45) is -0.219. The highest BCUT2D eigenvalue weighted by Crippen LogP contribution is 2.20. The Labute approximate surface area is 376 Å². The molecule has 14 nitrogen and oxygen atoms in total. The van der Waals surface area contributed by atoms with Crippen LogP contribution in [0.25, 0.3) is 11.1 Å². The number of carboxylic acid groups (broad SMARTS) is 1. The summed E-state index contributed by atoms with van der Waals surface area (Å²) in [5.74, 6) is -5.36. The Kier molecular flexibility index (Phi) is 17.9. The van der Waals surface area contributed by atoms with Gasteiger partial charge in [-0.15, -0.1) is 11.3 Å². The van der Waals surface area contributed by atoms with Gasteiger partial charge in [-0.1, -0.05) is 123 Å². The van der Waals surface area contributed by atoms with Gasteiger partial charge < -0.3 is 37.0 Å². The maximum atomic E-state index is 14.4. The van der Waals surface area contributed by atoms with E-state index in [0.717, 1.165) is 21.6 Å². The van der Waals surface area contributed by atoms with Gasteiger partial charge in [-0.05, 0) is 58.7 Å². The van der Waals surface area contributed by atoms with Crippen molar-refractivity contribution < 1.29 is 38.7 Å². The van der Waals surface area contributed by atoms with Crippen molar-refractivity contribution in [1.82, 2.24) is 26.6 Å². The molecule has 5 rings (SSSR count). The molecule has 1 aromatic heterocycles. The van der Waals surface area contributed by atoms with Crippen molar-refractivity contribution in [3.63, 3.8) is 0 Å². The van der Waals surface area contributed by atoms with Crippen LogP contribution in [0.2, 0.25) is 0 Å². The summed E-state index contributed by atoms with van der Waals surface area (Å²) >= 11 is 1.39. The van der Waals surface area contributed by atoms with Crippen molar-refractivity contribution >= 4 is 58.4 Å². The van der Waals surface area contributed by atoms with Gasteiger partial charge in [-0.25, -0.2) is 4.79 Å². The Morgan fingerprint density at radius 3 is 1.67 bits per heavy atom. The average Bonchev–Trinajstić information content (AvgIpc) is 3.80. The third-order valence-corrected chi connectivity index (χ3v) is 11.2. The third kappa shape index (κ3) is 15.3. The first-order chi connectivity index (χ1) is 30.7. The predicted molar refractivity (Wildman–Crippen MR) is 246 cm³/mol. The largest absolute Gasteiger partial charge is 0.480 e. The molecule has 15 heteroatoms. The molecule has 334 valence electrons. The van der Waals surface area contributed by atoms with Gasteiger partial charge in [0, 0.05) is 42.7 Å². The molecule has 0 aliphatic carbocycles. The lowest BCUT2D eigenvalue weighted by Gasteiger charge is -2.26. The Morgan fingerprint density at radius 2 is 1.09 bits per heavy atom. The van der Waals surface area contributed by atoms with Crippen LogP contribution in [0.1, 0.15) is 48.3 Å². The number of aliphatic carboxylic acids is 1. The number of thiophene rings is 1. The van der Waals surface area contributed by atoms with Crippen molar-refractivity contribution in [1.29, 1.82) is 0 Å². The summed E-state index contributed by atoms with van der Waals surface area (Å²) in [6.45, 7) is 4.66. The number of carbonyl (C=O) groups is 7. The average molecular weight is 887 g/mol. The van der Waals surface area contributed by atoms with E-state index >= 15 is 0 Å². The summed E-state index contributed by atoms with van der Waals surface area (Å²) in [4.78, 5) is 93.7. The number of nitrogens with one attached hydrogen (secondary N) is 6. The van der Waals surface area contributed by atoms with Gasteiger partial charge in [0.2, 0.25) is 35.4 Å². The summed E-state index contributed by atoms with van der Waals surface area (Å²) < 4.78 is 0. The zero-order valence-electron chi connectivity index (χ0n) is 36.0. The molecular formula is C49H54N6O8S. The topological polar surface area (TPSA) is 212 Å². The molecule has 0 unspecified atom stereocenters. The highest BCUT2D eigenvalue weighted by Gasteiger charge is 2.31. The van der Waals surface area contributed by atoms with E-state index in [9.17, 15) is 38.7 Å². The monoisotopic (exact) mass is 886 g/mol. The number of rotatable bonds is 22. The zero-order chi connectivity index (χ0) is 46.0. The number of hydrogen-bond donors (Lipinski definition) is 7. The fourth-order valence-electron chi connectivity index (χ4n) is 6.73. The fourth-order valence-corrected chi connectivity index (χ4v) is 7.49. The molecule has 64 heavy (non-hydrogen) atoms. The first kappa shape index (κ1) is 47.9. The highest BCUT2D eigenvalue weighted by atomic mass is 32.1. The van der Waals surface area contributed by atoms with Crippen LogP contribution in [0, 0.1) is 12.8 Å². The van der Waals surface area contributed by atoms with Gasteiger partial charge in [-0.2, -0.15) is 0 Å². The molecule has 0 saturated heterocycles. The van der Waals surface area contributed by atoms with Crippen molar-refractivity contribution in [2.75, 3.05) is 11.9 Å². The minimum Gasteiger partial charge on any atom is -0.480 e. The second-order valence-corrected chi connectivity index (χ2v) is 16.8. The van der Waals surface area contributed by atoms with Gasteiger partial charge in [0.1, 0.15) is 24.2 Å². The summed E-state index contributed by atoms with van der Waals surface area (Å²) in [6, 6.07) is 32.2. The molecule has 0 fully saturated rings. The predicted octanol–water partition coefficient (Wildman–Crippen LogP) is 4.97. The van der Waals surface area contributed by atoms with Gasteiger partial charge in [0.15, 0.2) is 0 Å². The molecule has 5 aromatic rings. The van der Waals surface area contributed by atoms with Crippen LogP contribution in [0.15, 0.2) is 127 Å². The van der Waals surface area contributed by atoms with Crippen LogP contribution in [0.4, 0.5) is 5.69 Å². The van der Waals surface area contributed by atoms with E-state index in [1.54, 1.807) is 56.3 Å². The summed E-state index contributed by atoms with van der Waals surface area (Å²) in [5, 5.41) is 27.5. The molecule has 6 amide bonds. The van der Waals surface area contributed by atoms with E-state index in [2.05, 4.69) is 31.9 Å². The minimum atomic E-state index is -1.25. The number of hydrogen-bond acceptors (Lipinski definition) is 8. The Hall–Kier alpha value is -7.13. The maximum absolute atomic E-state index is 14.4. The number of carbonyl (C=O) groups excluding carboxylic acids is 6. The Morgan fingerprint density at radius 1 is 0.547 bits per heavy atom. The van der Waals surface area contributed by atoms with Gasteiger partial charge in [0.05, 0.1) is 6.54 Å². The highest BCUT2D eigenvalue weighted by molar-refractivity contribution is 7.09. The smallest absolute Gasteiger partial charge is 0.326 e. The molecule has 0 radical (unpaired) electrons. The molecule has 0 bridgehead atoms. The Balaban J connectivity index is 1.36. The molecule has 0 spiro atoms. The molecule has 4 aromatic carbocycles. The van der Waals surface area contributed by atoms with E-state index < -0.39 is 72.1 Å². The Bertz CT molecular complexity index is 2340. The van der Waals surface area contributed by atoms with Gasteiger partial charge >= 0.3 is 5.97 Å². The van der Waals surface area contributed by atoms with E-state index in [-0.39, 0.29) is 38.0 Å².